The summed E-state index contributed by atoms with van der Waals surface area (Å²) in [6, 6.07) is 37.4. The maximum atomic E-state index is 10.2. The minimum atomic E-state index is 0.362. The summed E-state index contributed by atoms with van der Waals surface area (Å²) >= 11 is 0. The Morgan fingerprint density at radius 1 is 0.778 bits per heavy atom. The van der Waals surface area contributed by atoms with Crippen molar-refractivity contribution in [2.24, 2.45) is 5.92 Å². The zero-order valence-electron chi connectivity index (χ0n) is 20.0. The molecule has 0 amide bonds. The highest BCUT2D eigenvalue weighted by atomic mass is 16.5. The zero-order valence-corrected chi connectivity index (χ0v) is 20.0. The fourth-order valence-corrected chi connectivity index (χ4v) is 5.17. The van der Waals surface area contributed by atoms with Gasteiger partial charge in [0.15, 0.2) is 0 Å². The SMILES string of the molecule is Oc1cccc2c1CCC(COc1nc(-c3ccccc3)c(-c3ccccc3)n1-c1ccccc1)C2. The maximum absolute atomic E-state index is 10.2. The molecule has 0 spiro atoms. The molecule has 0 saturated carbocycles. The Bertz CT molecular complexity index is 1460. The van der Waals surface area contributed by atoms with Gasteiger partial charge in [-0.25, -0.2) is 0 Å². The van der Waals surface area contributed by atoms with E-state index in [9.17, 15) is 5.11 Å². The number of benzene rings is 4. The lowest BCUT2D eigenvalue weighted by molar-refractivity contribution is 0.215. The van der Waals surface area contributed by atoms with Gasteiger partial charge in [-0.1, -0.05) is 91.0 Å². The van der Waals surface area contributed by atoms with Crippen LogP contribution in [-0.4, -0.2) is 21.3 Å². The molecule has 1 aliphatic carbocycles. The molecule has 0 fully saturated rings. The van der Waals surface area contributed by atoms with E-state index in [1.165, 1.54) is 5.56 Å². The van der Waals surface area contributed by atoms with Gasteiger partial charge in [0.05, 0.1) is 18.0 Å². The maximum Gasteiger partial charge on any atom is 0.302 e. The molecule has 1 aromatic heterocycles. The molecule has 4 nitrogen and oxygen atoms in total. The lowest BCUT2D eigenvalue weighted by Gasteiger charge is -2.25. The molecule has 1 heterocycles. The van der Waals surface area contributed by atoms with E-state index in [-0.39, 0.29) is 0 Å². The van der Waals surface area contributed by atoms with Crippen molar-refractivity contribution in [2.45, 2.75) is 19.3 Å². The van der Waals surface area contributed by atoms with Crippen LogP contribution in [0, 0.1) is 5.92 Å². The average molecular weight is 473 g/mol. The van der Waals surface area contributed by atoms with Crippen LogP contribution in [0.3, 0.4) is 0 Å². The highest BCUT2D eigenvalue weighted by Gasteiger charge is 2.25. The Kier molecular flexibility index (Phi) is 6.00. The van der Waals surface area contributed by atoms with E-state index < -0.39 is 0 Å². The van der Waals surface area contributed by atoms with Crippen molar-refractivity contribution in [3.8, 4) is 40.0 Å². The molecule has 5 aromatic rings. The Balaban J connectivity index is 1.41. The molecule has 0 saturated heterocycles. The van der Waals surface area contributed by atoms with E-state index in [2.05, 4.69) is 59.2 Å². The minimum Gasteiger partial charge on any atom is -0.508 e. The van der Waals surface area contributed by atoms with Crippen LogP contribution in [0.4, 0.5) is 0 Å². The van der Waals surface area contributed by atoms with Crippen LogP contribution in [0.15, 0.2) is 109 Å². The van der Waals surface area contributed by atoms with Crippen LogP contribution in [0.5, 0.6) is 11.8 Å². The number of fused-ring (bicyclic) bond motifs is 1. The van der Waals surface area contributed by atoms with Crippen LogP contribution in [0.1, 0.15) is 17.5 Å². The third-order valence-electron chi connectivity index (χ3n) is 6.96. The third kappa shape index (κ3) is 4.27. The zero-order chi connectivity index (χ0) is 24.3. The van der Waals surface area contributed by atoms with Crippen molar-refractivity contribution in [1.29, 1.82) is 0 Å². The molecule has 178 valence electrons. The quantitative estimate of drug-likeness (QED) is 0.287. The van der Waals surface area contributed by atoms with Crippen molar-refractivity contribution in [3.63, 3.8) is 0 Å². The van der Waals surface area contributed by atoms with Gasteiger partial charge in [-0.3, -0.25) is 4.57 Å². The molecule has 1 aliphatic rings. The van der Waals surface area contributed by atoms with Gasteiger partial charge in [0.1, 0.15) is 11.4 Å². The topological polar surface area (TPSA) is 47.3 Å². The molecule has 6 rings (SSSR count). The number of aromatic hydroxyl groups is 1. The summed E-state index contributed by atoms with van der Waals surface area (Å²) in [6.45, 7) is 0.571. The van der Waals surface area contributed by atoms with E-state index in [0.29, 0.717) is 24.3 Å². The summed E-state index contributed by atoms with van der Waals surface area (Å²) in [4.78, 5) is 5.08. The molecule has 0 bridgehead atoms. The molecule has 4 heteroatoms. The Morgan fingerprint density at radius 3 is 2.17 bits per heavy atom. The number of rotatable bonds is 6. The van der Waals surface area contributed by atoms with Crippen molar-refractivity contribution in [3.05, 3.63) is 120 Å². The molecule has 0 radical (unpaired) electrons. The van der Waals surface area contributed by atoms with Gasteiger partial charge < -0.3 is 9.84 Å². The van der Waals surface area contributed by atoms with Crippen molar-refractivity contribution < 1.29 is 9.84 Å². The Labute approximate surface area is 211 Å². The second-order valence-electron chi connectivity index (χ2n) is 9.33. The Hall–Kier alpha value is -4.31. The number of hydrogen-bond donors (Lipinski definition) is 1. The first kappa shape index (κ1) is 22.2. The predicted octanol–water partition coefficient (Wildman–Crippen LogP) is 7.10. The lowest BCUT2D eigenvalue weighted by Crippen LogP contribution is -2.21. The van der Waals surface area contributed by atoms with Crippen LogP contribution in [-0.2, 0) is 12.8 Å². The molecule has 0 aliphatic heterocycles. The van der Waals surface area contributed by atoms with Gasteiger partial charge in [-0.2, -0.15) is 4.98 Å². The smallest absolute Gasteiger partial charge is 0.302 e. The summed E-state index contributed by atoms with van der Waals surface area (Å²) in [5.41, 5.74) is 7.37. The lowest BCUT2D eigenvalue weighted by atomic mass is 9.84. The van der Waals surface area contributed by atoms with Gasteiger partial charge in [0.2, 0.25) is 0 Å². The van der Waals surface area contributed by atoms with Gasteiger partial charge in [0, 0.05) is 11.1 Å². The molecule has 36 heavy (non-hydrogen) atoms. The average Bonchev–Trinajstić information content (AvgIpc) is 3.33. The first-order valence-corrected chi connectivity index (χ1v) is 12.5. The monoisotopic (exact) mass is 472 g/mol. The van der Waals surface area contributed by atoms with Crippen LogP contribution < -0.4 is 4.74 Å². The first-order chi connectivity index (χ1) is 17.8. The standard InChI is InChI=1S/C32H28N2O2/c35-29-18-10-15-26-21-23(19-20-28(26)29)22-36-32-33-30(24-11-4-1-5-12-24)31(25-13-6-2-7-14-25)34(32)27-16-8-3-9-17-27/h1-18,23,35H,19-22H2. The first-order valence-electron chi connectivity index (χ1n) is 12.5. The molecular formula is C32H28N2O2. The summed E-state index contributed by atoms with van der Waals surface area (Å²) in [7, 11) is 0. The fraction of sp³-hybridized carbons (Fsp3) is 0.156. The normalized spacial score (nSPS) is 14.8. The highest BCUT2D eigenvalue weighted by Crippen LogP contribution is 2.38. The number of aromatic nitrogens is 2. The van der Waals surface area contributed by atoms with E-state index in [1.54, 1.807) is 6.07 Å². The van der Waals surface area contributed by atoms with Gasteiger partial charge in [-0.15, -0.1) is 0 Å². The molecule has 1 atom stereocenters. The number of nitrogens with zero attached hydrogens (tertiary/aromatic N) is 2. The molecular weight excluding hydrogens is 444 g/mol. The summed E-state index contributed by atoms with van der Waals surface area (Å²) in [6.07, 6.45) is 2.74. The van der Waals surface area contributed by atoms with E-state index in [4.69, 9.17) is 9.72 Å². The third-order valence-corrected chi connectivity index (χ3v) is 6.96. The number of ether oxygens (including phenoxy) is 1. The number of hydrogen-bond acceptors (Lipinski definition) is 3. The molecule has 4 aromatic carbocycles. The number of phenolic OH excluding ortho intramolecular Hbond substituents is 1. The van der Waals surface area contributed by atoms with Gasteiger partial charge >= 0.3 is 6.01 Å². The molecule has 1 unspecified atom stereocenters. The summed E-state index contributed by atoms with van der Waals surface area (Å²) in [5.74, 6) is 0.770. The largest absolute Gasteiger partial charge is 0.508 e. The van der Waals surface area contributed by atoms with Crippen molar-refractivity contribution in [2.75, 3.05) is 6.61 Å². The van der Waals surface area contributed by atoms with Gasteiger partial charge in [-0.05, 0) is 54.5 Å². The van der Waals surface area contributed by atoms with Crippen LogP contribution >= 0.6 is 0 Å². The Morgan fingerprint density at radius 2 is 1.44 bits per heavy atom. The number of para-hydroxylation sites is 1. The second-order valence-corrected chi connectivity index (χ2v) is 9.33. The fourth-order valence-electron chi connectivity index (χ4n) is 5.17. The highest BCUT2D eigenvalue weighted by molar-refractivity contribution is 5.81. The van der Waals surface area contributed by atoms with Crippen LogP contribution in [0.25, 0.3) is 28.2 Å². The summed E-state index contributed by atoms with van der Waals surface area (Å²) in [5, 5.41) is 10.2. The predicted molar refractivity (Wildman–Crippen MR) is 144 cm³/mol. The van der Waals surface area contributed by atoms with E-state index in [1.807, 2.05) is 48.5 Å². The van der Waals surface area contributed by atoms with E-state index in [0.717, 1.165) is 53.0 Å². The van der Waals surface area contributed by atoms with E-state index >= 15 is 0 Å². The minimum absolute atomic E-state index is 0.362. The second kappa shape index (κ2) is 9.74. The van der Waals surface area contributed by atoms with Crippen LogP contribution in [0.2, 0.25) is 0 Å². The summed E-state index contributed by atoms with van der Waals surface area (Å²) < 4.78 is 8.67. The number of phenols is 1. The number of imidazole rings is 1. The van der Waals surface area contributed by atoms with Gasteiger partial charge in [0.25, 0.3) is 0 Å². The van der Waals surface area contributed by atoms with Crippen molar-refractivity contribution in [1.82, 2.24) is 9.55 Å². The molecule has 1 N–H and O–H groups in total. The van der Waals surface area contributed by atoms with Crippen molar-refractivity contribution >= 4 is 0 Å².